The molecule has 12 aromatic rings. The summed E-state index contributed by atoms with van der Waals surface area (Å²) in [5.74, 6) is 0. The molecular weight excluding hydrogens is 741 g/mol. The lowest BCUT2D eigenvalue weighted by atomic mass is 9.95. The molecule has 0 unspecified atom stereocenters. The van der Waals surface area contributed by atoms with Crippen molar-refractivity contribution in [3.05, 3.63) is 231 Å². The molecule has 2 heterocycles. The summed E-state index contributed by atoms with van der Waals surface area (Å²) in [7, 11) is 0. The molecule has 61 heavy (non-hydrogen) atoms. The molecule has 0 aliphatic rings. The van der Waals surface area contributed by atoms with E-state index in [0.29, 0.717) is 0 Å². The predicted molar refractivity (Wildman–Crippen MR) is 257 cm³/mol. The number of furan rings is 1. The highest BCUT2D eigenvalue weighted by molar-refractivity contribution is 6.14. The summed E-state index contributed by atoms with van der Waals surface area (Å²) in [4.78, 5) is 2.40. The molecule has 0 amide bonds. The van der Waals surface area contributed by atoms with E-state index in [4.69, 9.17) is 4.42 Å². The quantitative estimate of drug-likeness (QED) is 0.161. The highest BCUT2D eigenvalue weighted by atomic mass is 16.3. The van der Waals surface area contributed by atoms with Gasteiger partial charge in [0.1, 0.15) is 11.2 Å². The van der Waals surface area contributed by atoms with Crippen LogP contribution in [0.4, 0.5) is 17.1 Å². The van der Waals surface area contributed by atoms with Crippen LogP contribution in [-0.2, 0) is 0 Å². The monoisotopic (exact) mass is 778 g/mol. The van der Waals surface area contributed by atoms with Crippen molar-refractivity contribution in [3.63, 3.8) is 0 Å². The third-order valence-corrected chi connectivity index (χ3v) is 12.2. The molecule has 2 aromatic heterocycles. The molecule has 0 radical (unpaired) electrons. The van der Waals surface area contributed by atoms with E-state index in [1.165, 1.54) is 55.0 Å². The largest absolute Gasteiger partial charge is 0.456 e. The second-order valence-electron chi connectivity index (χ2n) is 15.6. The van der Waals surface area contributed by atoms with Gasteiger partial charge in [-0.2, -0.15) is 0 Å². The first kappa shape index (κ1) is 34.9. The second kappa shape index (κ2) is 14.3. The van der Waals surface area contributed by atoms with Gasteiger partial charge in [0.2, 0.25) is 0 Å². The van der Waals surface area contributed by atoms with Gasteiger partial charge in [0.05, 0.1) is 33.5 Å². The highest BCUT2D eigenvalue weighted by Crippen LogP contribution is 2.47. The molecule has 0 saturated heterocycles. The first-order valence-corrected chi connectivity index (χ1v) is 20.8. The number of aromatic nitrogens is 1. The molecular formula is C58H38N2O. The van der Waals surface area contributed by atoms with Gasteiger partial charge in [-0.15, -0.1) is 0 Å². The molecule has 286 valence electrons. The zero-order chi connectivity index (χ0) is 40.3. The van der Waals surface area contributed by atoms with Gasteiger partial charge in [-0.3, -0.25) is 0 Å². The first-order chi connectivity index (χ1) is 30.3. The van der Waals surface area contributed by atoms with E-state index in [1.807, 2.05) is 6.07 Å². The molecule has 3 nitrogen and oxygen atoms in total. The van der Waals surface area contributed by atoms with Crippen LogP contribution < -0.4 is 4.90 Å². The van der Waals surface area contributed by atoms with Crippen LogP contribution in [0.1, 0.15) is 0 Å². The van der Waals surface area contributed by atoms with Gasteiger partial charge >= 0.3 is 0 Å². The Hall–Kier alpha value is -8.14. The molecule has 0 atom stereocenters. The fraction of sp³-hybridized carbons (Fsp3) is 0. The van der Waals surface area contributed by atoms with Crippen molar-refractivity contribution in [2.24, 2.45) is 0 Å². The van der Waals surface area contributed by atoms with Crippen LogP contribution in [-0.4, -0.2) is 4.57 Å². The Morgan fingerprint density at radius 2 is 0.836 bits per heavy atom. The van der Waals surface area contributed by atoms with Gasteiger partial charge in [-0.05, 0) is 87.6 Å². The number of hydrogen-bond acceptors (Lipinski definition) is 2. The smallest absolute Gasteiger partial charge is 0.137 e. The standard InChI is InChI=1S/C58H38N2O/c1-2-17-44-41(15-1)16-13-23-46(44)47-19-4-9-25-52(47)59(55-28-14-30-57-58(55)50-22-7-12-29-56(50)61-57)43-37-35-40(36-38-43)39-31-33-42(34-32-39)45-18-3-8-24-51(45)60-53-26-10-5-20-48(53)49-21-6-11-27-54(49)60/h1-38H. The number of para-hydroxylation sites is 5. The summed E-state index contributed by atoms with van der Waals surface area (Å²) in [5.41, 5.74) is 15.6. The summed E-state index contributed by atoms with van der Waals surface area (Å²) in [6, 6.07) is 82.9. The molecule has 0 spiro atoms. The molecule has 3 heteroatoms. The van der Waals surface area contributed by atoms with Crippen molar-refractivity contribution >= 4 is 71.6 Å². The number of anilines is 3. The maximum absolute atomic E-state index is 6.44. The Balaban J connectivity index is 0.966. The molecule has 0 bridgehead atoms. The van der Waals surface area contributed by atoms with E-state index in [2.05, 4.69) is 234 Å². The van der Waals surface area contributed by atoms with Crippen LogP contribution in [0.3, 0.4) is 0 Å². The highest BCUT2D eigenvalue weighted by Gasteiger charge is 2.23. The minimum atomic E-state index is 0.864. The molecule has 0 aliphatic carbocycles. The lowest BCUT2D eigenvalue weighted by molar-refractivity contribution is 0.669. The summed E-state index contributed by atoms with van der Waals surface area (Å²) in [6.45, 7) is 0. The van der Waals surface area contributed by atoms with E-state index in [0.717, 1.165) is 55.7 Å². The van der Waals surface area contributed by atoms with Crippen molar-refractivity contribution in [3.8, 4) is 39.1 Å². The number of benzene rings is 10. The lowest BCUT2D eigenvalue weighted by Crippen LogP contribution is -2.11. The molecule has 0 saturated carbocycles. The Kier molecular flexibility index (Phi) is 8.17. The van der Waals surface area contributed by atoms with Crippen LogP contribution >= 0.6 is 0 Å². The molecule has 0 fully saturated rings. The SMILES string of the molecule is c1ccc(N(c2ccc(-c3ccc(-c4ccccc4-n4c5ccccc5c5ccccc54)cc3)cc2)c2cccc3oc4ccccc4c23)c(-c2cccc3ccccc23)c1. The van der Waals surface area contributed by atoms with Gasteiger partial charge in [0.15, 0.2) is 0 Å². The first-order valence-electron chi connectivity index (χ1n) is 20.8. The zero-order valence-electron chi connectivity index (χ0n) is 33.2. The van der Waals surface area contributed by atoms with Gasteiger partial charge in [-0.25, -0.2) is 0 Å². The van der Waals surface area contributed by atoms with Crippen molar-refractivity contribution < 1.29 is 4.42 Å². The van der Waals surface area contributed by atoms with Crippen molar-refractivity contribution in [1.29, 1.82) is 0 Å². The average molecular weight is 779 g/mol. The summed E-state index contributed by atoms with van der Waals surface area (Å²) < 4.78 is 8.85. The fourth-order valence-corrected chi connectivity index (χ4v) is 9.45. The topological polar surface area (TPSA) is 21.3 Å². The number of nitrogens with zero attached hydrogens (tertiary/aromatic N) is 2. The summed E-state index contributed by atoms with van der Waals surface area (Å²) in [6.07, 6.45) is 0. The fourth-order valence-electron chi connectivity index (χ4n) is 9.45. The van der Waals surface area contributed by atoms with E-state index >= 15 is 0 Å². The maximum atomic E-state index is 6.44. The number of hydrogen-bond donors (Lipinski definition) is 0. The average Bonchev–Trinajstić information content (AvgIpc) is 3.88. The Morgan fingerprint density at radius 1 is 0.328 bits per heavy atom. The number of rotatable bonds is 7. The van der Waals surface area contributed by atoms with E-state index in [9.17, 15) is 0 Å². The summed E-state index contributed by atoms with van der Waals surface area (Å²) in [5, 5.41) is 7.15. The number of fused-ring (bicyclic) bond motifs is 7. The Labute approximate surface area is 353 Å². The van der Waals surface area contributed by atoms with Crippen LogP contribution in [0.25, 0.3) is 93.6 Å². The minimum absolute atomic E-state index is 0.864. The van der Waals surface area contributed by atoms with Gasteiger partial charge in [-0.1, -0.05) is 176 Å². The second-order valence-corrected chi connectivity index (χ2v) is 15.6. The van der Waals surface area contributed by atoms with E-state index in [1.54, 1.807) is 0 Å². The molecule has 12 rings (SSSR count). The third kappa shape index (κ3) is 5.74. The zero-order valence-corrected chi connectivity index (χ0v) is 33.2. The summed E-state index contributed by atoms with van der Waals surface area (Å²) >= 11 is 0. The van der Waals surface area contributed by atoms with Crippen LogP contribution in [0.5, 0.6) is 0 Å². The van der Waals surface area contributed by atoms with Crippen molar-refractivity contribution in [2.75, 3.05) is 4.90 Å². The lowest BCUT2D eigenvalue weighted by Gasteiger charge is -2.29. The van der Waals surface area contributed by atoms with Crippen LogP contribution in [0, 0.1) is 0 Å². The molecule has 0 aliphatic heterocycles. The third-order valence-electron chi connectivity index (χ3n) is 12.2. The maximum Gasteiger partial charge on any atom is 0.137 e. The predicted octanol–water partition coefficient (Wildman–Crippen LogP) is 16.3. The van der Waals surface area contributed by atoms with Gasteiger partial charge < -0.3 is 13.9 Å². The van der Waals surface area contributed by atoms with Crippen molar-refractivity contribution in [1.82, 2.24) is 4.57 Å². The van der Waals surface area contributed by atoms with E-state index in [-0.39, 0.29) is 0 Å². The Bertz CT molecular complexity index is 3530. The van der Waals surface area contributed by atoms with Crippen LogP contribution in [0.2, 0.25) is 0 Å². The molecule has 10 aromatic carbocycles. The van der Waals surface area contributed by atoms with E-state index < -0.39 is 0 Å². The van der Waals surface area contributed by atoms with Gasteiger partial charge in [0, 0.05) is 33.0 Å². The van der Waals surface area contributed by atoms with Crippen molar-refractivity contribution in [2.45, 2.75) is 0 Å². The molecule has 0 N–H and O–H groups in total. The minimum Gasteiger partial charge on any atom is -0.456 e. The Morgan fingerprint density at radius 3 is 1.61 bits per heavy atom. The van der Waals surface area contributed by atoms with Crippen LogP contribution in [0.15, 0.2) is 235 Å². The normalized spacial score (nSPS) is 11.6. The van der Waals surface area contributed by atoms with Gasteiger partial charge in [0.25, 0.3) is 0 Å².